The Morgan fingerprint density at radius 1 is 1.60 bits per heavy atom. The third kappa shape index (κ3) is 1.50. The van der Waals surface area contributed by atoms with E-state index in [0.717, 1.165) is 12.0 Å². The highest BCUT2D eigenvalue weighted by Crippen LogP contribution is 2.00. The smallest absolute Gasteiger partial charge is 0.267 e. The van der Waals surface area contributed by atoms with Crippen molar-refractivity contribution in [3.05, 3.63) is 22.1 Å². The SMILES string of the molecule is CC(C)Cc1c[nH][nH]c1=O. The van der Waals surface area contributed by atoms with Crippen molar-refractivity contribution in [2.24, 2.45) is 5.92 Å². The summed E-state index contributed by atoms with van der Waals surface area (Å²) >= 11 is 0. The summed E-state index contributed by atoms with van der Waals surface area (Å²) in [5, 5.41) is 5.16. The number of hydrogen-bond donors (Lipinski definition) is 2. The Balaban J connectivity index is 2.75. The monoisotopic (exact) mass is 140 g/mol. The first-order valence-corrected chi connectivity index (χ1v) is 3.45. The molecule has 0 atom stereocenters. The van der Waals surface area contributed by atoms with Gasteiger partial charge in [-0.3, -0.25) is 9.89 Å². The van der Waals surface area contributed by atoms with Crippen LogP contribution in [0.2, 0.25) is 0 Å². The van der Waals surface area contributed by atoms with Crippen molar-refractivity contribution in [2.75, 3.05) is 0 Å². The molecule has 10 heavy (non-hydrogen) atoms. The van der Waals surface area contributed by atoms with E-state index >= 15 is 0 Å². The summed E-state index contributed by atoms with van der Waals surface area (Å²) in [6, 6.07) is 0. The average Bonchev–Trinajstić information content (AvgIpc) is 2.15. The minimum Gasteiger partial charge on any atom is -0.305 e. The van der Waals surface area contributed by atoms with Gasteiger partial charge in [0.2, 0.25) is 0 Å². The van der Waals surface area contributed by atoms with Crippen LogP contribution in [0, 0.1) is 5.92 Å². The molecule has 0 aromatic carbocycles. The molecular formula is C7H12N2O. The molecule has 1 aromatic heterocycles. The van der Waals surface area contributed by atoms with E-state index in [2.05, 4.69) is 24.0 Å². The molecular weight excluding hydrogens is 128 g/mol. The number of H-pyrrole nitrogens is 2. The lowest BCUT2D eigenvalue weighted by molar-refractivity contribution is 0.645. The van der Waals surface area contributed by atoms with Crippen LogP contribution in [-0.4, -0.2) is 10.2 Å². The predicted molar refractivity (Wildman–Crippen MR) is 40.0 cm³/mol. The molecule has 0 aliphatic rings. The van der Waals surface area contributed by atoms with Gasteiger partial charge in [0.05, 0.1) is 0 Å². The Bertz CT molecular complexity index is 246. The molecule has 0 fully saturated rings. The zero-order valence-corrected chi connectivity index (χ0v) is 6.27. The van der Waals surface area contributed by atoms with Gasteiger partial charge in [-0.25, -0.2) is 0 Å². The molecule has 0 amide bonds. The predicted octanol–water partition coefficient (Wildman–Crippen LogP) is 0.901. The van der Waals surface area contributed by atoms with Crippen LogP contribution in [0.4, 0.5) is 0 Å². The molecule has 0 saturated heterocycles. The normalized spacial score (nSPS) is 10.7. The molecule has 0 aliphatic carbocycles. The minimum absolute atomic E-state index is 0.00806. The van der Waals surface area contributed by atoms with E-state index in [1.807, 2.05) is 0 Å². The fourth-order valence-electron chi connectivity index (χ4n) is 0.926. The van der Waals surface area contributed by atoms with Gasteiger partial charge in [0.25, 0.3) is 5.56 Å². The lowest BCUT2D eigenvalue weighted by Crippen LogP contribution is -2.07. The van der Waals surface area contributed by atoms with Crippen LogP contribution in [0.5, 0.6) is 0 Å². The number of hydrogen-bond acceptors (Lipinski definition) is 1. The Kier molecular flexibility index (Phi) is 1.94. The Morgan fingerprint density at radius 3 is 2.70 bits per heavy atom. The van der Waals surface area contributed by atoms with Crippen molar-refractivity contribution in [1.29, 1.82) is 0 Å². The summed E-state index contributed by atoms with van der Waals surface area (Å²) in [7, 11) is 0. The molecule has 56 valence electrons. The summed E-state index contributed by atoms with van der Waals surface area (Å²) in [5.41, 5.74) is 0.851. The van der Waals surface area contributed by atoms with Gasteiger partial charge in [0.15, 0.2) is 0 Å². The topological polar surface area (TPSA) is 48.6 Å². The average molecular weight is 140 g/mol. The van der Waals surface area contributed by atoms with Crippen LogP contribution in [0.1, 0.15) is 19.4 Å². The highest BCUT2D eigenvalue weighted by atomic mass is 16.1. The Hall–Kier alpha value is -0.990. The quantitative estimate of drug-likeness (QED) is 0.630. The van der Waals surface area contributed by atoms with Crippen molar-refractivity contribution >= 4 is 0 Å². The molecule has 0 radical (unpaired) electrons. The molecule has 2 N–H and O–H groups in total. The summed E-state index contributed by atoms with van der Waals surface area (Å²) in [6.07, 6.45) is 2.57. The van der Waals surface area contributed by atoms with Gasteiger partial charge in [-0.15, -0.1) is 0 Å². The maximum Gasteiger partial charge on any atom is 0.267 e. The largest absolute Gasteiger partial charge is 0.305 e. The number of nitrogens with one attached hydrogen (secondary N) is 2. The Morgan fingerprint density at radius 2 is 2.30 bits per heavy atom. The zero-order chi connectivity index (χ0) is 7.56. The first-order valence-electron chi connectivity index (χ1n) is 3.45. The minimum atomic E-state index is 0.00806. The molecule has 1 heterocycles. The molecule has 0 spiro atoms. The third-order valence-electron chi connectivity index (χ3n) is 1.35. The van der Waals surface area contributed by atoms with Crippen molar-refractivity contribution in [1.82, 2.24) is 10.2 Å². The van der Waals surface area contributed by atoms with Gasteiger partial charge >= 0.3 is 0 Å². The molecule has 1 aromatic rings. The summed E-state index contributed by atoms with van der Waals surface area (Å²) in [4.78, 5) is 10.9. The maximum atomic E-state index is 10.9. The van der Waals surface area contributed by atoms with E-state index in [0.29, 0.717) is 5.92 Å². The van der Waals surface area contributed by atoms with E-state index in [-0.39, 0.29) is 5.56 Å². The van der Waals surface area contributed by atoms with Gasteiger partial charge in [0.1, 0.15) is 0 Å². The van der Waals surface area contributed by atoms with E-state index < -0.39 is 0 Å². The van der Waals surface area contributed by atoms with Gasteiger partial charge in [-0.05, 0) is 12.3 Å². The summed E-state index contributed by atoms with van der Waals surface area (Å²) in [5.74, 6) is 0.539. The zero-order valence-electron chi connectivity index (χ0n) is 6.27. The highest BCUT2D eigenvalue weighted by Gasteiger charge is 2.01. The van der Waals surface area contributed by atoms with Crippen LogP contribution in [0.25, 0.3) is 0 Å². The van der Waals surface area contributed by atoms with Gasteiger partial charge in [0, 0.05) is 11.8 Å². The van der Waals surface area contributed by atoms with Crippen molar-refractivity contribution < 1.29 is 0 Å². The molecule has 1 rings (SSSR count). The van der Waals surface area contributed by atoms with Crippen LogP contribution < -0.4 is 5.56 Å². The molecule has 0 aliphatic heterocycles. The molecule has 0 bridgehead atoms. The van der Waals surface area contributed by atoms with E-state index in [1.54, 1.807) is 6.20 Å². The van der Waals surface area contributed by atoms with Crippen molar-refractivity contribution in [3.8, 4) is 0 Å². The van der Waals surface area contributed by atoms with Crippen molar-refractivity contribution in [2.45, 2.75) is 20.3 Å². The first-order chi connectivity index (χ1) is 4.70. The number of aromatic amines is 2. The summed E-state index contributed by atoms with van der Waals surface area (Å²) in [6.45, 7) is 4.18. The van der Waals surface area contributed by atoms with Gasteiger partial charge in [-0.1, -0.05) is 13.8 Å². The first kappa shape index (κ1) is 7.12. The summed E-state index contributed by atoms with van der Waals surface area (Å²) < 4.78 is 0. The molecule has 0 unspecified atom stereocenters. The standard InChI is InChI=1S/C7H12N2O/c1-5(2)3-6-4-8-9-7(6)10/h4-5H,3H2,1-2H3,(H2,8,9,10). The molecule has 3 nitrogen and oxygen atoms in total. The van der Waals surface area contributed by atoms with Crippen LogP contribution in [0.3, 0.4) is 0 Å². The van der Waals surface area contributed by atoms with E-state index in [4.69, 9.17) is 0 Å². The van der Waals surface area contributed by atoms with Crippen LogP contribution in [-0.2, 0) is 6.42 Å². The Labute approximate surface area is 59.4 Å². The van der Waals surface area contributed by atoms with E-state index in [9.17, 15) is 4.79 Å². The van der Waals surface area contributed by atoms with Gasteiger partial charge in [-0.2, -0.15) is 0 Å². The second-order valence-corrected chi connectivity index (χ2v) is 2.87. The third-order valence-corrected chi connectivity index (χ3v) is 1.35. The van der Waals surface area contributed by atoms with E-state index in [1.165, 1.54) is 0 Å². The number of rotatable bonds is 2. The highest BCUT2D eigenvalue weighted by molar-refractivity contribution is 5.03. The fourth-order valence-corrected chi connectivity index (χ4v) is 0.926. The van der Waals surface area contributed by atoms with Crippen LogP contribution in [0.15, 0.2) is 11.0 Å². The van der Waals surface area contributed by atoms with Crippen molar-refractivity contribution in [3.63, 3.8) is 0 Å². The molecule has 0 saturated carbocycles. The second kappa shape index (κ2) is 2.73. The second-order valence-electron chi connectivity index (χ2n) is 2.87. The number of aromatic nitrogens is 2. The van der Waals surface area contributed by atoms with Gasteiger partial charge < -0.3 is 5.10 Å². The fraction of sp³-hybridized carbons (Fsp3) is 0.571. The lowest BCUT2D eigenvalue weighted by atomic mass is 10.1. The van der Waals surface area contributed by atoms with Crippen LogP contribution >= 0.6 is 0 Å². The lowest BCUT2D eigenvalue weighted by Gasteiger charge is -1.97. The molecule has 3 heteroatoms. The maximum absolute atomic E-state index is 10.9.